The van der Waals surface area contributed by atoms with Crippen molar-refractivity contribution >= 4 is 15.9 Å². The third-order valence-electron chi connectivity index (χ3n) is 4.62. The molecule has 5 nitrogen and oxygen atoms in total. The molecule has 0 N–H and O–H groups in total. The molecule has 3 aliphatic heterocycles. The summed E-state index contributed by atoms with van der Waals surface area (Å²) in [6.07, 6.45) is 4.48. The minimum Gasteiger partial charge on any atom is -0.337 e. The minimum absolute atomic E-state index is 0.130. The van der Waals surface area contributed by atoms with Crippen LogP contribution in [0.15, 0.2) is 0 Å². The standard InChI is InChI=1S/C12H20N2O3S/c1-9(15)14-10-3-4-11(14)8-12(7-10)13-5-2-6-18(13,16)17/h10-12H,2-8H2,1H3. The first kappa shape index (κ1) is 12.4. The van der Waals surface area contributed by atoms with Crippen LogP contribution in [0.3, 0.4) is 0 Å². The molecular weight excluding hydrogens is 252 g/mol. The summed E-state index contributed by atoms with van der Waals surface area (Å²) in [7, 11) is -3.01. The average Bonchev–Trinajstić information content (AvgIpc) is 2.76. The zero-order valence-corrected chi connectivity index (χ0v) is 11.5. The number of hydrogen-bond donors (Lipinski definition) is 0. The molecule has 3 fully saturated rings. The molecule has 2 atom stereocenters. The summed E-state index contributed by atoms with van der Waals surface area (Å²) >= 11 is 0. The van der Waals surface area contributed by atoms with E-state index in [0.717, 1.165) is 32.1 Å². The van der Waals surface area contributed by atoms with Crippen LogP contribution in [-0.2, 0) is 14.8 Å². The fraction of sp³-hybridized carbons (Fsp3) is 0.917. The fourth-order valence-electron chi connectivity index (χ4n) is 3.97. The Morgan fingerprint density at radius 3 is 2.17 bits per heavy atom. The van der Waals surface area contributed by atoms with Gasteiger partial charge in [-0.05, 0) is 32.1 Å². The predicted octanol–water partition coefficient (Wildman–Crippen LogP) is 0.564. The van der Waals surface area contributed by atoms with E-state index in [9.17, 15) is 13.2 Å². The highest BCUT2D eigenvalue weighted by atomic mass is 32.2. The van der Waals surface area contributed by atoms with E-state index in [1.807, 2.05) is 4.90 Å². The van der Waals surface area contributed by atoms with Gasteiger partial charge in [0.2, 0.25) is 15.9 Å². The summed E-state index contributed by atoms with van der Waals surface area (Å²) in [6.45, 7) is 2.30. The first-order valence-corrected chi connectivity index (χ1v) is 8.38. The highest BCUT2D eigenvalue weighted by Crippen LogP contribution is 2.39. The molecule has 2 unspecified atom stereocenters. The van der Waals surface area contributed by atoms with Crippen molar-refractivity contribution in [1.82, 2.24) is 9.21 Å². The number of rotatable bonds is 1. The zero-order valence-electron chi connectivity index (χ0n) is 10.7. The Bertz CT molecular complexity index is 448. The number of amides is 1. The highest BCUT2D eigenvalue weighted by molar-refractivity contribution is 7.89. The molecule has 0 saturated carbocycles. The quantitative estimate of drug-likeness (QED) is 0.701. The predicted molar refractivity (Wildman–Crippen MR) is 67.5 cm³/mol. The van der Waals surface area contributed by atoms with Crippen molar-refractivity contribution in [2.75, 3.05) is 12.3 Å². The van der Waals surface area contributed by atoms with Gasteiger partial charge >= 0.3 is 0 Å². The molecule has 102 valence electrons. The molecule has 3 aliphatic rings. The summed E-state index contributed by atoms with van der Waals surface area (Å²) in [6, 6.07) is 0.662. The molecule has 0 aliphatic carbocycles. The van der Waals surface area contributed by atoms with Gasteiger partial charge in [-0.3, -0.25) is 4.79 Å². The molecule has 1 amide bonds. The van der Waals surface area contributed by atoms with Gasteiger partial charge < -0.3 is 4.90 Å². The van der Waals surface area contributed by atoms with Gasteiger partial charge in [-0.2, -0.15) is 4.31 Å². The topological polar surface area (TPSA) is 57.7 Å². The lowest BCUT2D eigenvalue weighted by molar-refractivity contribution is -0.133. The van der Waals surface area contributed by atoms with Crippen LogP contribution in [0.2, 0.25) is 0 Å². The van der Waals surface area contributed by atoms with E-state index in [4.69, 9.17) is 0 Å². The van der Waals surface area contributed by atoms with E-state index in [1.165, 1.54) is 0 Å². The summed E-state index contributed by atoms with van der Waals surface area (Å²) < 4.78 is 25.6. The van der Waals surface area contributed by atoms with Gasteiger partial charge in [0.1, 0.15) is 0 Å². The molecule has 18 heavy (non-hydrogen) atoms. The first-order valence-electron chi connectivity index (χ1n) is 6.77. The van der Waals surface area contributed by atoms with Gasteiger partial charge in [-0.1, -0.05) is 0 Å². The van der Waals surface area contributed by atoms with Crippen molar-refractivity contribution in [3.63, 3.8) is 0 Å². The van der Waals surface area contributed by atoms with Crippen LogP contribution in [0.1, 0.15) is 39.0 Å². The third kappa shape index (κ3) is 1.86. The van der Waals surface area contributed by atoms with Crippen LogP contribution < -0.4 is 0 Å². The smallest absolute Gasteiger partial charge is 0.219 e. The van der Waals surface area contributed by atoms with Gasteiger partial charge in [0.15, 0.2) is 0 Å². The fourth-order valence-corrected chi connectivity index (χ4v) is 5.73. The number of hydrogen-bond acceptors (Lipinski definition) is 3. The van der Waals surface area contributed by atoms with Crippen molar-refractivity contribution < 1.29 is 13.2 Å². The van der Waals surface area contributed by atoms with Gasteiger partial charge in [-0.15, -0.1) is 0 Å². The second kappa shape index (κ2) is 4.20. The van der Waals surface area contributed by atoms with Crippen LogP contribution in [0, 0.1) is 0 Å². The number of piperidine rings is 1. The van der Waals surface area contributed by atoms with Crippen LogP contribution in [0.5, 0.6) is 0 Å². The van der Waals surface area contributed by atoms with Gasteiger partial charge in [-0.25, -0.2) is 8.42 Å². The largest absolute Gasteiger partial charge is 0.337 e. The van der Waals surface area contributed by atoms with E-state index in [-0.39, 0.29) is 24.0 Å². The Morgan fingerprint density at radius 2 is 1.72 bits per heavy atom. The molecule has 0 aromatic heterocycles. The van der Waals surface area contributed by atoms with E-state index in [1.54, 1.807) is 11.2 Å². The Kier molecular flexibility index (Phi) is 2.90. The number of fused-ring (bicyclic) bond motifs is 2. The van der Waals surface area contributed by atoms with E-state index < -0.39 is 10.0 Å². The van der Waals surface area contributed by atoms with E-state index in [2.05, 4.69) is 0 Å². The van der Waals surface area contributed by atoms with Gasteiger partial charge in [0.05, 0.1) is 5.75 Å². The first-order chi connectivity index (χ1) is 8.49. The highest BCUT2D eigenvalue weighted by Gasteiger charge is 2.46. The molecule has 3 rings (SSSR count). The summed E-state index contributed by atoms with van der Waals surface area (Å²) in [5, 5.41) is 0. The SMILES string of the molecule is CC(=O)N1C2CCC1CC(N1CCCS1(=O)=O)C2. The van der Waals surface area contributed by atoms with Crippen molar-refractivity contribution in [2.45, 2.75) is 57.2 Å². The second-order valence-corrected chi connectivity index (χ2v) is 7.76. The monoisotopic (exact) mass is 272 g/mol. The maximum atomic E-state index is 12.0. The molecule has 0 aromatic carbocycles. The molecular formula is C12H20N2O3S. The summed E-state index contributed by atoms with van der Waals surface area (Å²) in [5.74, 6) is 0.445. The van der Waals surface area contributed by atoms with Crippen molar-refractivity contribution in [2.24, 2.45) is 0 Å². The average molecular weight is 272 g/mol. The van der Waals surface area contributed by atoms with Gasteiger partial charge in [0.25, 0.3) is 0 Å². The van der Waals surface area contributed by atoms with Crippen LogP contribution in [-0.4, -0.2) is 54.0 Å². The number of nitrogens with zero attached hydrogens (tertiary/aromatic N) is 2. The number of carbonyl (C=O) groups is 1. The minimum atomic E-state index is -3.01. The molecule has 0 radical (unpaired) electrons. The van der Waals surface area contributed by atoms with E-state index >= 15 is 0 Å². The lowest BCUT2D eigenvalue weighted by Gasteiger charge is -2.41. The Labute approximate surface area is 108 Å². The lowest BCUT2D eigenvalue weighted by atomic mass is 9.97. The molecule has 0 aromatic rings. The number of sulfonamides is 1. The maximum Gasteiger partial charge on any atom is 0.219 e. The molecule has 3 heterocycles. The molecule has 3 saturated heterocycles. The third-order valence-corrected chi connectivity index (χ3v) is 6.62. The second-order valence-electron chi connectivity index (χ2n) is 5.72. The Balaban J connectivity index is 1.78. The normalized spacial score (nSPS) is 39.2. The molecule has 2 bridgehead atoms. The molecule has 6 heteroatoms. The zero-order chi connectivity index (χ0) is 12.9. The number of carbonyl (C=O) groups excluding carboxylic acids is 1. The molecule has 0 spiro atoms. The summed E-state index contributed by atoms with van der Waals surface area (Å²) in [5.41, 5.74) is 0. The van der Waals surface area contributed by atoms with Crippen LogP contribution >= 0.6 is 0 Å². The Hall–Kier alpha value is -0.620. The maximum absolute atomic E-state index is 12.0. The lowest BCUT2D eigenvalue weighted by Crippen LogP contribution is -2.52. The summed E-state index contributed by atoms with van der Waals surface area (Å²) in [4.78, 5) is 13.6. The van der Waals surface area contributed by atoms with Crippen molar-refractivity contribution in [1.29, 1.82) is 0 Å². The van der Waals surface area contributed by atoms with Gasteiger partial charge in [0, 0.05) is 31.6 Å². The Morgan fingerprint density at radius 1 is 1.11 bits per heavy atom. The van der Waals surface area contributed by atoms with E-state index in [0.29, 0.717) is 12.3 Å². The van der Waals surface area contributed by atoms with Crippen LogP contribution in [0.25, 0.3) is 0 Å². The van der Waals surface area contributed by atoms with Crippen molar-refractivity contribution in [3.05, 3.63) is 0 Å². The van der Waals surface area contributed by atoms with Crippen molar-refractivity contribution in [3.8, 4) is 0 Å². The van der Waals surface area contributed by atoms with Crippen LogP contribution in [0.4, 0.5) is 0 Å².